The first-order chi connectivity index (χ1) is 13.1. The molecule has 27 heavy (non-hydrogen) atoms. The largest absolute Gasteiger partial charge is 0.348 e. The van der Waals surface area contributed by atoms with Crippen LogP contribution in [0.1, 0.15) is 22.6 Å². The zero-order chi connectivity index (χ0) is 18.8. The molecule has 3 aromatic heterocycles. The molecular formula is C19H15ClN6O. The number of amides is 1. The Hall–Kier alpha value is -3.37. The number of nitrogens with zero attached hydrogens (tertiary/aromatic N) is 4. The van der Waals surface area contributed by atoms with Gasteiger partial charge in [0.05, 0.1) is 16.9 Å². The van der Waals surface area contributed by atoms with E-state index in [2.05, 4.69) is 37.1 Å². The summed E-state index contributed by atoms with van der Waals surface area (Å²) in [4.78, 5) is 28.0. The number of imidazole rings is 2. The lowest BCUT2D eigenvalue weighted by atomic mass is 10.2. The molecule has 0 bridgehead atoms. The topological polar surface area (TPSA) is 88.5 Å². The summed E-state index contributed by atoms with van der Waals surface area (Å²) < 4.78 is 1.85. The fraction of sp³-hybridized carbons (Fsp3) is 0.158. The highest BCUT2D eigenvalue weighted by atomic mass is 35.5. The van der Waals surface area contributed by atoms with Gasteiger partial charge in [0.2, 0.25) is 0 Å². The molecule has 3 heterocycles. The summed E-state index contributed by atoms with van der Waals surface area (Å²) >= 11 is 6.07. The van der Waals surface area contributed by atoms with Gasteiger partial charge in [-0.1, -0.05) is 29.5 Å². The Balaban J connectivity index is 1.36. The summed E-state index contributed by atoms with van der Waals surface area (Å²) in [5.41, 5.74) is 3.73. The number of aromatic nitrogens is 5. The number of rotatable bonds is 3. The molecule has 2 N–H and O–H groups in total. The molecule has 4 rings (SSSR count). The summed E-state index contributed by atoms with van der Waals surface area (Å²) in [5.74, 6) is 6.00. The van der Waals surface area contributed by atoms with Crippen molar-refractivity contribution >= 4 is 39.7 Å². The van der Waals surface area contributed by atoms with Crippen molar-refractivity contribution in [3.8, 4) is 11.8 Å². The van der Waals surface area contributed by atoms with Gasteiger partial charge < -0.3 is 14.9 Å². The Morgan fingerprint density at radius 3 is 3.11 bits per heavy atom. The number of hydrogen-bond acceptors (Lipinski definition) is 4. The fourth-order valence-electron chi connectivity index (χ4n) is 2.68. The maximum atomic E-state index is 12.2. The predicted octanol–water partition coefficient (Wildman–Crippen LogP) is 2.67. The molecule has 1 aromatic carbocycles. The number of carbonyl (C=O) groups excluding carboxylic acids is 1. The maximum absolute atomic E-state index is 12.2. The second kappa shape index (κ2) is 7.09. The van der Waals surface area contributed by atoms with Crippen molar-refractivity contribution in [3.05, 3.63) is 53.2 Å². The molecule has 134 valence electrons. The van der Waals surface area contributed by atoms with Crippen molar-refractivity contribution in [1.82, 2.24) is 29.8 Å². The Labute approximate surface area is 159 Å². The highest BCUT2D eigenvalue weighted by molar-refractivity contribution is 6.35. The zero-order valence-corrected chi connectivity index (χ0v) is 15.2. The number of fused-ring (bicyclic) bond motifs is 2. The molecule has 0 aliphatic rings. The molecule has 0 fully saturated rings. The number of nitrogens with one attached hydrogen (secondary N) is 2. The van der Waals surface area contributed by atoms with Gasteiger partial charge in [0.25, 0.3) is 5.91 Å². The summed E-state index contributed by atoms with van der Waals surface area (Å²) in [6, 6.07) is 7.26. The minimum atomic E-state index is -0.291. The second-order valence-electron chi connectivity index (χ2n) is 5.95. The van der Waals surface area contributed by atoms with Crippen LogP contribution in [0.15, 0.2) is 36.8 Å². The number of aryl methyl sites for hydroxylation is 1. The van der Waals surface area contributed by atoms with Gasteiger partial charge in [-0.3, -0.25) is 4.79 Å². The Kier molecular flexibility index (Phi) is 4.48. The van der Waals surface area contributed by atoms with Gasteiger partial charge in [-0.25, -0.2) is 15.0 Å². The zero-order valence-electron chi connectivity index (χ0n) is 14.5. The van der Waals surface area contributed by atoms with Crippen LogP contribution in [0.2, 0.25) is 5.02 Å². The number of pyridine rings is 1. The number of hydrogen-bond donors (Lipinski definition) is 2. The molecule has 0 saturated heterocycles. The van der Waals surface area contributed by atoms with Crippen molar-refractivity contribution in [2.45, 2.75) is 6.42 Å². The van der Waals surface area contributed by atoms with Crippen molar-refractivity contribution in [2.24, 2.45) is 7.05 Å². The monoisotopic (exact) mass is 378 g/mol. The first-order valence-electron chi connectivity index (χ1n) is 8.30. The first-order valence-corrected chi connectivity index (χ1v) is 8.68. The lowest BCUT2D eigenvalue weighted by Gasteiger charge is -1.98. The summed E-state index contributed by atoms with van der Waals surface area (Å²) in [7, 11) is 1.90. The van der Waals surface area contributed by atoms with Crippen molar-refractivity contribution in [1.29, 1.82) is 0 Å². The standard InChI is InChI=1S/C19H15ClN6O/c1-26-11-23-15-9-12(10-22-18(15)26)5-2-3-8-21-19(27)17-24-14-7-4-6-13(20)16(14)25-17/h4,6-7,9-11H,3,8H2,1H3,(H,21,27)(H,24,25). The first kappa shape index (κ1) is 17.1. The quantitative estimate of drug-likeness (QED) is 0.423. The normalized spacial score (nSPS) is 10.7. The van der Waals surface area contributed by atoms with Gasteiger partial charge in [0, 0.05) is 31.8 Å². The van der Waals surface area contributed by atoms with Gasteiger partial charge in [0.15, 0.2) is 11.5 Å². The lowest BCUT2D eigenvalue weighted by Crippen LogP contribution is -2.25. The SMILES string of the molecule is Cn1cnc2cc(C#CCCNC(=O)c3nc4c(Cl)cccc4[nH]3)cnc21. The van der Waals surface area contributed by atoms with E-state index in [0.29, 0.717) is 23.5 Å². The molecular weight excluding hydrogens is 364 g/mol. The third-order valence-corrected chi connectivity index (χ3v) is 4.30. The molecule has 7 nitrogen and oxygen atoms in total. The van der Waals surface area contributed by atoms with Crippen molar-refractivity contribution in [3.63, 3.8) is 0 Å². The average molecular weight is 379 g/mol. The third-order valence-electron chi connectivity index (χ3n) is 4.00. The molecule has 4 aromatic rings. The van der Waals surface area contributed by atoms with Crippen LogP contribution < -0.4 is 5.32 Å². The molecule has 0 unspecified atom stereocenters. The van der Waals surface area contributed by atoms with Crippen molar-refractivity contribution in [2.75, 3.05) is 6.54 Å². The van der Waals surface area contributed by atoms with Crippen LogP contribution in [-0.2, 0) is 7.05 Å². The van der Waals surface area contributed by atoms with Gasteiger partial charge in [-0.15, -0.1) is 0 Å². The van der Waals surface area contributed by atoms with Crippen LogP contribution in [0.5, 0.6) is 0 Å². The van der Waals surface area contributed by atoms with E-state index in [0.717, 1.165) is 22.2 Å². The fourth-order valence-corrected chi connectivity index (χ4v) is 2.89. The van der Waals surface area contributed by atoms with Crippen LogP contribution in [0.4, 0.5) is 0 Å². The molecule has 0 aliphatic carbocycles. The van der Waals surface area contributed by atoms with E-state index in [9.17, 15) is 4.79 Å². The second-order valence-corrected chi connectivity index (χ2v) is 6.36. The molecule has 0 saturated carbocycles. The van der Waals surface area contributed by atoms with E-state index in [4.69, 9.17) is 11.6 Å². The molecule has 0 radical (unpaired) electrons. The minimum absolute atomic E-state index is 0.232. The van der Waals surface area contributed by atoms with E-state index in [1.807, 2.05) is 23.7 Å². The molecule has 8 heteroatoms. The van der Waals surface area contributed by atoms with E-state index in [1.54, 1.807) is 24.7 Å². The van der Waals surface area contributed by atoms with Crippen LogP contribution in [0.25, 0.3) is 22.2 Å². The van der Waals surface area contributed by atoms with Crippen LogP contribution >= 0.6 is 11.6 Å². The predicted molar refractivity (Wildman–Crippen MR) is 103 cm³/mol. The number of para-hydroxylation sites is 1. The summed E-state index contributed by atoms with van der Waals surface area (Å²) in [6.45, 7) is 0.413. The van der Waals surface area contributed by atoms with E-state index < -0.39 is 0 Å². The van der Waals surface area contributed by atoms with Crippen molar-refractivity contribution < 1.29 is 4.79 Å². The number of aromatic amines is 1. The van der Waals surface area contributed by atoms with Gasteiger partial charge in [-0.2, -0.15) is 0 Å². The maximum Gasteiger partial charge on any atom is 0.287 e. The van der Waals surface area contributed by atoms with E-state index in [1.165, 1.54) is 0 Å². The van der Waals surface area contributed by atoms with E-state index >= 15 is 0 Å². The highest BCUT2D eigenvalue weighted by Gasteiger charge is 2.12. The number of halogens is 1. The average Bonchev–Trinajstić information content (AvgIpc) is 3.26. The molecule has 0 atom stereocenters. The summed E-state index contributed by atoms with van der Waals surface area (Å²) in [5, 5.41) is 3.30. The lowest BCUT2D eigenvalue weighted by molar-refractivity contribution is 0.0945. The number of H-pyrrole nitrogens is 1. The Morgan fingerprint density at radius 1 is 1.37 bits per heavy atom. The van der Waals surface area contributed by atoms with Crippen LogP contribution in [-0.4, -0.2) is 37.0 Å². The Bertz CT molecular complexity index is 1210. The van der Waals surface area contributed by atoms with E-state index in [-0.39, 0.29) is 11.7 Å². The number of carbonyl (C=O) groups is 1. The van der Waals surface area contributed by atoms with Crippen LogP contribution in [0, 0.1) is 11.8 Å². The van der Waals surface area contributed by atoms with Gasteiger partial charge in [0.1, 0.15) is 11.0 Å². The van der Waals surface area contributed by atoms with Crippen LogP contribution in [0.3, 0.4) is 0 Å². The van der Waals surface area contributed by atoms with Gasteiger partial charge in [-0.05, 0) is 18.2 Å². The molecule has 1 amide bonds. The minimum Gasteiger partial charge on any atom is -0.348 e. The third kappa shape index (κ3) is 3.48. The highest BCUT2D eigenvalue weighted by Crippen LogP contribution is 2.20. The summed E-state index contributed by atoms with van der Waals surface area (Å²) in [6.07, 6.45) is 3.94. The van der Waals surface area contributed by atoms with Gasteiger partial charge >= 0.3 is 0 Å². The molecule has 0 spiro atoms. The Morgan fingerprint density at radius 2 is 2.26 bits per heavy atom. The smallest absolute Gasteiger partial charge is 0.287 e. The molecule has 0 aliphatic heterocycles. The number of benzene rings is 1.